The minimum Gasteiger partial charge on any atom is -0.496 e. The number of methoxy groups -OCH3 is 2. The van der Waals surface area contributed by atoms with Crippen molar-refractivity contribution < 1.29 is 9.47 Å². The van der Waals surface area contributed by atoms with Crippen LogP contribution in [0.3, 0.4) is 0 Å². The van der Waals surface area contributed by atoms with Crippen molar-refractivity contribution in [1.82, 2.24) is 9.97 Å². The Balaban J connectivity index is 2.65. The van der Waals surface area contributed by atoms with Gasteiger partial charge in [-0.3, -0.25) is 0 Å². The molecule has 0 radical (unpaired) electrons. The zero-order chi connectivity index (χ0) is 13.1. The summed E-state index contributed by atoms with van der Waals surface area (Å²) in [5.41, 5.74) is 2.76. The highest BCUT2D eigenvalue weighted by molar-refractivity contribution is 7.71. The highest BCUT2D eigenvalue weighted by Gasteiger charge is 2.12. The lowest BCUT2D eigenvalue weighted by atomic mass is 10.1. The van der Waals surface area contributed by atoms with E-state index in [1.807, 2.05) is 25.1 Å². The van der Waals surface area contributed by atoms with E-state index in [9.17, 15) is 0 Å². The van der Waals surface area contributed by atoms with Crippen LogP contribution in [0.15, 0.2) is 24.4 Å². The zero-order valence-corrected chi connectivity index (χ0v) is 11.3. The molecule has 0 aliphatic rings. The van der Waals surface area contributed by atoms with Gasteiger partial charge in [0.05, 0.1) is 19.9 Å². The maximum atomic E-state index is 5.46. The van der Waals surface area contributed by atoms with Crippen LogP contribution in [0.1, 0.15) is 5.56 Å². The third-order valence-corrected chi connectivity index (χ3v) is 2.95. The Morgan fingerprint density at radius 1 is 1.17 bits per heavy atom. The first-order valence-electron chi connectivity index (χ1n) is 5.44. The molecule has 2 aromatic rings. The van der Waals surface area contributed by atoms with Crippen molar-refractivity contribution in [3.05, 3.63) is 34.7 Å². The summed E-state index contributed by atoms with van der Waals surface area (Å²) in [6, 6.07) is 5.70. The number of nitrogens with zero attached hydrogens (tertiary/aromatic N) is 1. The standard InChI is InChI=1S/C13H14N2O2S/c1-8-11(16-2)5-4-9(12(8)17-3)10-6-7-14-13(18)15-10/h4-7H,1-3H3,(H,14,15,18). The third kappa shape index (κ3) is 2.22. The molecule has 94 valence electrons. The van der Waals surface area contributed by atoms with Gasteiger partial charge in [0.2, 0.25) is 0 Å². The molecule has 0 spiro atoms. The summed E-state index contributed by atoms with van der Waals surface area (Å²) in [4.78, 5) is 7.02. The van der Waals surface area contributed by atoms with Crippen molar-refractivity contribution >= 4 is 12.2 Å². The molecule has 5 heteroatoms. The minimum atomic E-state index is 0.447. The summed E-state index contributed by atoms with van der Waals surface area (Å²) >= 11 is 5.03. The van der Waals surface area contributed by atoms with E-state index < -0.39 is 0 Å². The normalized spacial score (nSPS) is 10.2. The number of nitrogens with one attached hydrogen (secondary N) is 1. The number of hydrogen-bond acceptors (Lipinski definition) is 4. The Morgan fingerprint density at radius 2 is 1.94 bits per heavy atom. The van der Waals surface area contributed by atoms with E-state index in [0.717, 1.165) is 28.3 Å². The maximum Gasteiger partial charge on any atom is 0.197 e. The van der Waals surface area contributed by atoms with Gasteiger partial charge in [0.15, 0.2) is 4.77 Å². The fraction of sp³-hybridized carbons (Fsp3) is 0.231. The number of ether oxygens (including phenoxy) is 2. The van der Waals surface area contributed by atoms with Crippen molar-refractivity contribution in [3.63, 3.8) is 0 Å². The molecule has 0 aliphatic carbocycles. The fourth-order valence-electron chi connectivity index (χ4n) is 1.90. The molecular weight excluding hydrogens is 248 g/mol. The van der Waals surface area contributed by atoms with Gasteiger partial charge in [-0.1, -0.05) is 0 Å². The van der Waals surface area contributed by atoms with Crippen molar-refractivity contribution in [2.45, 2.75) is 6.92 Å². The van der Waals surface area contributed by atoms with E-state index >= 15 is 0 Å². The lowest BCUT2D eigenvalue weighted by molar-refractivity contribution is 0.390. The highest BCUT2D eigenvalue weighted by Crippen LogP contribution is 2.36. The smallest absolute Gasteiger partial charge is 0.197 e. The second-order valence-corrected chi connectivity index (χ2v) is 4.15. The van der Waals surface area contributed by atoms with Crippen LogP contribution in [0.4, 0.5) is 0 Å². The van der Waals surface area contributed by atoms with Gasteiger partial charge in [-0.15, -0.1) is 0 Å². The Labute approximate surface area is 111 Å². The largest absolute Gasteiger partial charge is 0.496 e. The second kappa shape index (κ2) is 5.18. The van der Waals surface area contributed by atoms with E-state index in [0.29, 0.717) is 4.77 Å². The van der Waals surface area contributed by atoms with Crippen molar-refractivity contribution in [3.8, 4) is 22.8 Å². The molecule has 1 N–H and O–H groups in total. The summed E-state index contributed by atoms with van der Waals surface area (Å²) in [7, 11) is 3.28. The highest BCUT2D eigenvalue weighted by atomic mass is 32.1. The Morgan fingerprint density at radius 3 is 2.56 bits per heavy atom. The minimum absolute atomic E-state index is 0.447. The maximum absolute atomic E-state index is 5.46. The number of benzene rings is 1. The van der Waals surface area contributed by atoms with Crippen LogP contribution in [0.2, 0.25) is 0 Å². The molecule has 0 atom stereocenters. The number of rotatable bonds is 3. The predicted molar refractivity (Wildman–Crippen MR) is 72.7 cm³/mol. The van der Waals surface area contributed by atoms with E-state index in [2.05, 4.69) is 9.97 Å². The zero-order valence-electron chi connectivity index (χ0n) is 10.5. The topological polar surface area (TPSA) is 47.1 Å². The molecule has 1 aromatic carbocycles. The van der Waals surface area contributed by atoms with Crippen molar-refractivity contribution in [2.75, 3.05) is 14.2 Å². The number of aromatic nitrogens is 2. The summed E-state index contributed by atoms with van der Waals surface area (Å²) in [6.45, 7) is 1.96. The molecule has 18 heavy (non-hydrogen) atoms. The number of H-pyrrole nitrogens is 1. The van der Waals surface area contributed by atoms with Gasteiger partial charge in [0, 0.05) is 17.3 Å². The van der Waals surface area contributed by atoms with Crippen LogP contribution in [-0.2, 0) is 0 Å². The molecule has 0 aliphatic heterocycles. The molecule has 4 nitrogen and oxygen atoms in total. The van der Waals surface area contributed by atoms with Gasteiger partial charge in [0.1, 0.15) is 11.5 Å². The lowest BCUT2D eigenvalue weighted by Gasteiger charge is -2.14. The second-order valence-electron chi connectivity index (χ2n) is 3.76. The van der Waals surface area contributed by atoms with E-state index in [4.69, 9.17) is 21.7 Å². The molecule has 2 rings (SSSR count). The Bertz CT molecular complexity index is 623. The quantitative estimate of drug-likeness (QED) is 0.863. The molecular formula is C13H14N2O2S. The first kappa shape index (κ1) is 12.6. The van der Waals surface area contributed by atoms with Crippen molar-refractivity contribution in [1.29, 1.82) is 0 Å². The fourth-order valence-corrected chi connectivity index (χ4v) is 2.07. The average Bonchev–Trinajstić information content (AvgIpc) is 2.38. The number of aromatic amines is 1. The monoisotopic (exact) mass is 262 g/mol. The van der Waals surface area contributed by atoms with Gasteiger partial charge in [-0.2, -0.15) is 0 Å². The summed E-state index contributed by atoms with van der Waals surface area (Å²) < 4.78 is 11.2. The first-order chi connectivity index (χ1) is 8.67. The summed E-state index contributed by atoms with van der Waals surface area (Å²) in [5.74, 6) is 1.56. The van der Waals surface area contributed by atoms with Crippen LogP contribution >= 0.6 is 12.2 Å². The molecule has 1 aromatic heterocycles. The van der Waals surface area contributed by atoms with Gasteiger partial charge >= 0.3 is 0 Å². The van der Waals surface area contributed by atoms with E-state index in [1.165, 1.54) is 0 Å². The summed E-state index contributed by atoms with van der Waals surface area (Å²) in [6.07, 6.45) is 1.67. The molecule has 0 fully saturated rings. The van der Waals surface area contributed by atoms with Gasteiger partial charge in [0.25, 0.3) is 0 Å². The molecule has 1 heterocycles. The SMILES string of the molecule is COc1ccc(-c2ccnc(=S)[nH]2)c(OC)c1C. The Kier molecular flexibility index (Phi) is 3.62. The Hall–Kier alpha value is -1.88. The van der Waals surface area contributed by atoms with Gasteiger partial charge in [-0.05, 0) is 37.3 Å². The van der Waals surface area contributed by atoms with Crippen LogP contribution in [-0.4, -0.2) is 24.2 Å². The van der Waals surface area contributed by atoms with Gasteiger partial charge < -0.3 is 14.5 Å². The lowest BCUT2D eigenvalue weighted by Crippen LogP contribution is -1.96. The summed E-state index contributed by atoms with van der Waals surface area (Å²) in [5, 5.41) is 0. The van der Waals surface area contributed by atoms with Crippen LogP contribution in [0.25, 0.3) is 11.3 Å². The third-order valence-electron chi connectivity index (χ3n) is 2.74. The average molecular weight is 262 g/mol. The van der Waals surface area contributed by atoms with Crippen LogP contribution < -0.4 is 9.47 Å². The first-order valence-corrected chi connectivity index (χ1v) is 5.85. The molecule has 0 saturated heterocycles. The molecule has 0 amide bonds. The van der Waals surface area contributed by atoms with Gasteiger partial charge in [-0.25, -0.2) is 4.98 Å². The van der Waals surface area contributed by atoms with E-state index in [1.54, 1.807) is 20.4 Å². The van der Waals surface area contributed by atoms with Crippen LogP contribution in [0, 0.1) is 11.7 Å². The molecule has 0 saturated carbocycles. The number of hydrogen-bond donors (Lipinski definition) is 1. The predicted octanol–water partition coefficient (Wildman–Crippen LogP) is 3.13. The molecule has 0 unspecified atom stereocenters. The molecule has 0 bridgehead atoms. The van der Waals surface area contributed by atoms with Crippen LogP contribution in [0.5, 0.6) is 11.5 Å². The van der Waals surface area contributed by atoms with Crippen molar-refractivity contribution in [2.24, 2.45) is 0 Å². The van der Waals surface area contributed by atoms with E-state index in [-0.39, 0.29) is 0 Å².